The van der Waals surface area contributed by atoms with Crippen LogP contribution in [0.5, 0.6) is 0 Å². The van der Waals surface area contributed by atoms with Gasteiger partial charge < -0.3 is 9.80 Å². The molecule has 3 fully saturated rings. The van der Waals surface area contributed by atoms with E-state index < -0.39 is 15.9 Å². The molecule has 3 aliphatic heterocycles. The van der Waals surface area contributed by atoms with E-state index in [1.54, 1.807) is 24.4 Å². The fourth-order valence-electron chi connectivity index (χ4n) is 4.38. The molecule has 1 unspecified atom stereocenters. The molecule has 0 N–H and O–H groups in total. The van der Waals surface area contributed by atoms with Crippen LogP contribution in [-0.2, 0) is 14.6 Å². The number of hydrogen-bond acceptors (Lipinski definition) is 9. The molecule has 5 rings (SSSR count). The van der Waals surface area contributed by atoms with Gasteiger partial charge in [0.15, 0.2) is 9.84 Å². The number of pyridine rings is 1. The lowest BCUT2D eigenvalue weighted by atomic mass is 10.2. The maximum absolute atomic E-state index is 13.5. The lowest BCUT2D eigenvalue weighted by Gasteiger charge is -2.34. The predicted octanol–water partition coefficient (Wildman–Crippen LogP) is 0.835. The maximum atomic E-state index is 13.5. The average Bonchev–Trinajstić information content (AvgIpc) is 3.27. The van der Waals surface area contributed by atoms with Crippen LogP contribution in [0.15, 0.2) is 34.1 Å². The van der Waals surface area contributed by atoms with Crippen molar-refractivity contribution in [3.05, 3.63) is 45.2 Å². The number of thioether (sulfide) groups is 1. The summed E-state index contributed by atoms with van der Waals surface area (Å²) in [5.41, 5.74) is 0.614. The molecule has 1 amide bonds. The third kappa shape index (κ3) is 4.20. The summed E-state index contributed by atoms with van der Waals surface area (Å²) in [6.07, 6.45) is 3.60. The number of carbonyl (C=O) groups is 1. The molecule has 0 aromatic carbocycles. The van der Waals surface area contributed by atoms with Gasteiger partial charge in [0.05, 0.1) is 28.0 Å². The highest BCUT2D eigenvalue weighted by atomic mass is 32.2. The molecule has 9 nitrogen and oxygen atoms in total. The number of hydrogen-bond donors (Lipinski definition) is 0. The standard InChI is InChI=1S/C21H23N5O4S3/c1-23-7-9-24(10-8-23)18-15(19(27)25-6-3-2-4-17(25)22-18)12-16-20(28)26(21(31)32-16)14-5-11-33(29,30)13-14/h2-4,6,12,14H,5,7-11,13H2,1H3/b16-12+. The normalized spacial score (nSPS) is 25.0. The first-order valence-electron chi connectivity index (χ1n) is 10.7. The molecule has 174 valence electrons. The molecule has 3 saturated heterocycles. The monoisotopic (exact) mass is 505 g/mol. The number of likely N-dealkylation sites (N-methyl/N-ethyl adjacent to an activating group) is 1. The minimum atomic E-state index is -3.17. The van der Waals surface area contributed by atoms with Gasteiger partial charge in [0.2, 0.25) is 0 Å². The second-order valence-corrected chi connectivity index (χ2v) is 12.4. The van der Waals surface area contributed by atoms with E-state index in [0.717, 1.165) is 24.9 Å². The van der Waals surface area contributed by atoms with Gasteiger partial charge in [0.1, 0.15) is 15.8 Å². The Kier molecular flexibility index (Phi) is 5.79. The van der Waals surface area contributed by atoms with Crippen molar-refractivity contribution in [2.45, 2.75) is 12.5 Å². The number of fused-ring (bicyclic) bond motifs is 1. The van der Waals surface area contributed by atoms with E-state index in [-0.39, 0.29) is 23.0 Å². The largest absolute Gasteiger partial charge is 0.353 e. The molecule has 1 atom stereocenters. The molecule has 33 heavy (non-hydrogen) atoms. The highest BCUT2D eigenvalue weighted by Crippen LogP contribution is 2.37. The molecule has 0 spiro atoms. The minimum Gasteiger partial charge on any atom is -0.353 e. The van der Waals surface area contributed by atoms with Gasteiger partial charge in [-0.1, -0.05) is 30.0 Å². The highest BCUT2D eigenvalue weighted by Gasteiger charge is 2.42. The van der Waals surface area contributed by atoms with Crippen molar-refractivity contribution < 1.29 is 13.2 Å². The van der Waals surface area contributed by atoms with Crippen LogP contribution >= 0.6 is 24.0 Å². The van der Waals surface area contributed by atoms with E-state index in [9.17, 15) is 18.0 Å². The van der Waals surface area contributed by atoms with E-state index >= 15 is 0 Å². The zero-order valence-electron chi connectivity index (χ0n) is 18.0. The fraction of sp³-hybridized carbons (Fsp3) is 0.429. The number of thiocarbonyl (C=S) groups is 1. The molecular weight excluding hydrogens is 482 g/mol. The summed E-state index contributed by atoms with van der Waals surface area (Å²) in [4.78, 5) is 37.4. The summed E-state index contributed by atoms with van der Waals surface area (Å²) in [6.45, 7) is 3.11. The van der Waals surface area contributed by atoms with E-state index in [0.29, 0.717) is 45.8 Å². The van der Waals surface area contributed by atoms with Crippen molar-refractivity contribution in [3.63, 3.8) is 0 Å². The van der Waals surface area contributed by atoms with E-state index in [1.165, 1.54) is 9.30 Å². The van der Waals surface area contributed by atoms with Gasteiger partial charge in [-0.15, -0.1) is 0 Å². The second kappa shape index (κ2) is 8.49. The lowest BCUT2D eigenvalue weighted by Crippen LogP contribution is -2.45. The third-order valence-electron chi connectivity index (χ3n) is 6.22. The van der Waals surface area contributed by atoms with E-state index in [1.807, 2.05) is 6.07 Å². The summed E-state index contributed by atoms with van der Waals surface area (Å²) < 4.78 is 25.7. The van der Waals surface area contributed by atoms with Crippen LogP contribution < -0.4 is 10.5 Å². The highest BCUT2D eigenvalue weighted by molar-refractivity contribution is 8.26. The first-order valence-corrected chi connectivity index (χ1v) is 13.7. The minimum absolute atomic E-state index is 0.0528. The number of rotatable bonds is 3. The average molecular weight is 506 g/mol. The van der Waals surface area contributed by atoms with Crippen molar-refractivity contribution in [2.75, 3.05) is 49.6 Å². The first kappa shape index (κ1) is 22.5. The molecule has 2 aromatic heterocycles. The number of piperazine rings is 1. The van der Waals surface area contributed by atoms with Crippen LogP contribution in [0, 0.1) is 0 Å². The van der Waals surface area contributed by atoms with Gasteiger partial charge in [0, 0.05) is 32.4 Å². The Labute approximate surface area is 201 Å². The molecular formula is C21H23N5O4S3. The van der Waals surface area contributed by atoms with Crippen molar-refractivity contribution in [1.82, 2.24) is 19.2 Å². The summed E-state index contributed by atoms with van der Waals surface area (Å²) in [7, 11) is -1.12. The topological polar surface area (TPSA) is 95.3 Å². The molecule has 0 bridgehead atoms. The van der Waals surface area contributed by atoms with E-state index in [2.05, 4.69) is 16.8 Å². The van der Waals surface area contributed by atoms with Crippen LogP contribution in [-0.4, -0.2) is 88.6 Å². The Morgan fingerprint density at radius 3 is 2.64 bits per heavy atom. The molecule has 3 aliphatic rings. The molecule has 0 saturated carbocycles. The number of nitrogens with zero attached hydrogens (tertiary/aromatic N) is 5. The SMILES string of the molecule is CN1CCN(c2nc3ccccn3c(=O)c2/C=C2/SC(=S)N(C3CCS(=O)(=O)C3)C2=O)CC1. The summed E-state index contributed by atoms with van der Waals surface area (Å²) >= 11 is 6.53. The zero-order valence-corrected chi connectivity index (χ0v) is 20.5. The van der Waals surface area contributed by atoms with Crippen LogP contribution in [0.2, 0.25) is 0 Å². The smallest absolute Gasteiger partial charge is 0.267 e. The zero-order chi connectivity index (χ0) is 23.3. The van der Waals surface area contributed by atoms with Crippen molar-refractivity contribution >= 4 is 61.6 Å². The van der Waals surface area contributed by atoms with Gasteiger partial charge in [-0.05, 0) is 31.7 Å². The quantitative estimate of drug-likeness (QED) is 0.444. The number of anilines is 1. The molecule has 2 aromatic rings. The molecule has 12 heteroatoms. The van der Waals surface area contributed by atoms with Gasteiger partial charge >= 0.3 is 0 Å². The van der Waals surface area contributed by atoms with E-state index in [4.69, 9.17) is 17.2 Å². The molecule has 0 radical (unpaired) electrons. The van der Waals surface area contributed by atoms with Gasteiger partial charge in [-0.3, -0.25) is 18.9 Å². The van der Waals surface area contributed by atoms with Crippen LogP contribution in [0.4, 0.5) is 5.82 Å². The second-order valence-electron chi connectivity index (χ2n) is 8.48. The van der Waals surface area contributed by atoms with Crippen LogP contribution in [0.25, 0.3) is 11.7 Å². The number of carbonyl (C=O) groups excluding carboxylic acids is 1. The summed E-state index contributed by atoms with van der Waals surface area (Å²) in [5.74, 6) is 0.165. The fourth-order valence-corrected chi connectivity index (χ4v) is 7.46. The Morgan fingerprint density at radius 1 is 1.18 bits per heavy atom. The Morgan fingerprint density at radius 2 is 1.94 bits per heavy atom. The summed E-state index contributed by atoms with van der Waals surface area (Å²) in [5, 5.41) is 0. The number of sulfone groups is 1. The number of aromatic nitrogens is 2. The lowest BCUT2D eigenvalue weighted by molar-refractivity contribution is -0.123. The predicted molar refractivity (Wildman–Crippen MR) is 133 cm³/mol. The van der Waals surface area contributed by atoms with Crippen LogP contribution in [0.1, 0.15) is 12.0 Å². The van der Waals surface area contributed by atoms with Gasteiger partial charge in [0.25, 0.3) is 11.5 Å². The third-order valence-corrected chi connectivity index (χ3v) is 9.31. The van der Waals surface area contributed by atoms with Crippen LogP contribution in [0.3, 0.4) is 0 Å². The van der Waals surface area contributed by atoms with Crippen molar-refractivity contribution in [1.29, 1.82) is 0 Å². The molecule has 5 heterocycles. The Hall–Kier alpha value is -2.28. The number of amides is 1. The van der Waals surface area contributed by atoms with Gasteiger partial charge in [-0.2, -0.15) is 0 Å². The Bertz CT molecular complexity index is 1350. The maximum Gasteiger partial charge on any atom is 0.267 e. The Balaban J connectivity index is 1.57. The van der Waals surface area contributed by atoms with Crippen molar-refractivity contribution in [2.24, 2.45) is 0 Å². The first-order chi connectivity index (χ1) is 15.7. The van der Waals surface area contributed by atoms with Crippen molar-refractivity contribution in [3.8, 4) is 0 Å². The van der Waals surface area contributed by atoms with Gasteiger partial charge in [-0.25, -0.2) is 13.4 Å². The molecule has 0 aliphatic carbocycles. The summed E-state index contributed by atoms with van der Waals surface area (Å²) in [6, 6.07) is 4.91.